The van der Waals surface area contributed by atoms with Gasteiger partial charge in [0.05, 0.1) is 18.5 Å². The summed E-state index contributed by atoms with van der Waals surface area (Å²) in [6.07, 6.45) is 1.74. The molecule has 0 saturated carbocycles. The van der Waals surface area contributed by atoms with Crippen molar-refractivity contribution in [2.24, 2.45) is 11.3 Å². The number of hydrogen-bond donors (Lipinski definition) is 0. The van der Waals surface area contributed by atoms with Crippen molar-refractivity contribution < 1.29 is 4.74 Å². The molecule has 1 rings (SSSR count). The maximum Gasteiger partial charge on any atom is 0.268 e. The Morgan fingerprint density at radius 2 is 2.14 bits per heavy atom. The number of halogens is 1. The van der Waals surface area contributed by atoms with Crippen molar-refractivity contribution in [3.05, 3.63) is 22.6 Å². The number of aromatic nitrogens is 2. The van der Waals surface area contributed by atoms with Crippen molar-refractivity contribution >= 4 is 21.6 Å². The first-order valence-corrected chi connectivity index (χ1v) is 8.25. The summed E-state index contributed by atoms with van der Waals surface area (Å²) < 4.78 is 6.59. The van der Waals surface area contributed by atoms with Crippen LogP contribution in [-0.2, 0) is 11.3 Å². The van der Waals surface area contributed by atoms with Gasteiger partial charge in [-0.3, -0.25) is 4.79 Å². The van der Waals surface area contributed by atoms with Crippen LogP contribution in [0, 0.1) is 11.3 Å². The van der Waals surface area contributed by atoms with Crippen LogP contribution < -0.4 is 10.5 Å². The Morgan fingerprint density at radius 3 is 2.62 bits per heavy atom. The zero-order valence-corrected chi connectivity index (χ0v) is 15.2. The van der Waals surface area contributed by atoms with E-state index in [1.165, 1.54) is 0 Å². The molecule has 0 aromatic carbocycles. The van der Waals surface area contributed by atoms with E-state index in [1.807, 2.05) is 11.9 Å². The molecule has 1 unspecified atom stereocenters. The van der Waals surface area contributed by atoms with Gasteiger partial charge >= 0.3 is 0 Å². The lowest BCUT2D eigenvalue weighted by Crippen LogP contribution is -2.33. The molecule has 0 fully saturated rings. The Hall–Kier alpha value is -0.880. The van der Waals surface area contributed by atoms with E-state index in [1.54, 1.807) is 24.1 Å². The predicted octanol–water partition coefficient (Wildman–Crippen LogP) is 2.38. The van der Waals surface area contributed by atoms with Crippen molar-refractivity contribution in [1.82, 2.24) is 9.78 Å². The second kappa shape index (κ2) is 7.94. The van der Waals surface area contributed by atoms with Gasteiger partial charge in [0.1, 0.15) is 0 Å². The summed E-state index contributed by atoms with van der Waals surface area (Å²) in [5.41, 5.74) is 0.880. The van der Waals surface area contributed by atoms with Crippen molar-refractivity contribution in [3.8, 4) is 0 Å². The second-order valence-corrected chi connectivity index (χ2v) is 7.01. The topological polar surface area (TPSA) is 47.4 Å². The molecule has 0 aliphatic carbocycles. The number of nitrogens with zero attached hydrogens (tertiary/aromatic N) is 3. The van der Waals surface area contributed by atoms with Crippen LogP contribution in [0.15, 0.2) is 17.1 Å². The highest BCUT2D eigenvalue weighted by Crippen LogP contribution is 2.28. The van der Waals surface area contributed by atoms with E-state index >= 15 is 0 Å². The van der Waals surface area contributed by atoms with Crippen LogP contribution in [0.3, 0.4) is 0 Å². The number of methoxy groups -OCH3 is 1. The highest BCUT2D eigenvalue weighted by atomic mass is 79.9. The Balaban J connectivity index is 2.86. The molecule has 1 aromatic heterocycles. The summed E-state index contributed by atoms with van der Waals surface area (Å²) in [5, 5.41) is 5.16. The monoisotopic (exact) mass is 359 g/mol. The molecule has 120 valence electrons. The van der Waals surface area contributed by atoms with E-state index in [0.717, 1.165) is 17.6 Å². The van der Waals surface area contributed by atoms with Crippen LogP contribution in [-0.4, -0.2) is 42.4 Å². The first-order valence-electron chi connectivity index (χ1n) is 7.12. The van der Waals surface area contributed by atoms with Crippen LogP contribution in [0.2, 0.25) is 0 Å². The predicted molar refractivity (Wildman–Crippen MR) is 90.4 cm³/mol. The molecule has 0 saturated heterocycles. The van der Waals surface area contributed by atoms with E-state index < -0.39 is 0 Å². The smallest absolute Gasteiger partial charge is 0.268 e. The summed E-state index contributed by atoms with van der Waals surface area (Å²) >= 11 is 3.53. The molecule has 0 N–H and O–H groups in total. The molecular formula is C15H26BrN3O2. The van der Waals surface area contributed by atoms with Gasteiger partial charge in [-0.25, -0.2) is 4.68 Å². The molecule has 6 heteroatoms. The molecule has 0 radical (unpaired) electrons. The number of ether oxygens (including phenoxy) is 1. The van der Waals surface area contributed by atoms with Crippen molar-refractivity contribution in [2.75, 3.05) is 37.5 Å². The average Bonchev–Trinajstić information content (AvgIpc) is 2.41. The standard InChI is InChI=1S/C15H26BrN3O2/c1-15(2,3)12(9-16)11-19-14(20)8-13(10-17-19)18(4)6-7-21-5/h8,10,12H,6-7,9,11H2,1-5H3. The molecule has 0 amide bonds. The van der Waals surface area contributed by atoms with E-state index in [9.17, 15) is 4.79 Å². The third-order valence-corrected chi connectivity index (χ3v) is 4.51. The Labute approximate surface area is 135 Å². The third kappa shape index (κ3) is 5.43. The fraction of sp³-hybridized carbons (Fsp3) is 0.733. The van der Waals surface area contributed by atoms with Crippen LogP contribution in [0.5, 0.6) is 0 Å². The summed E-state index contributed by atoms with van der Waals surface area (Å²) in [5.74, 6) is 0.347. The zero-order chi connectivity index (χ0) is 16.0. The molecule has 21 heavy (non-hydrogen) atoms. The summed E-state index contributed by atoms with van der Waals surface area (Å²) in [7, 11) is 3.59. The van der Waals surface area contributed by atoms with Gasteiger partial charge in [0, 0.05) is 38.6 Å². The third-order valence-electron chi connectivity index (χ3n) is 3.73. The largest absolute Gasteiger partial charge is 0.383 e. The average molecular weight is 360 g/mol. The molecule has 1 heterocycles. The zero-order valence-electron chi connectivity index (χ0n) is 13.6. The van der Waals surface area contributed by atoms with E-state index in [2.05, 4.69) is 41.8 Å². The SMILES string of the molecule is COCCN(C)c1cnn(CC(CBr)C(C)(C)C)c(=O)c1. The quantitative estimate of drug-likeness (QED) is 0.701. The molecule has 0 spiro atoms. The van der Waals surface area contributed by atoms with Crippen LogP contribution >= 0.6 is 15.9 Å². The number of rotatable bonds is 7. The molecule has 5 nitrogen and oxygen atoms in total. The van der Waals surface area contributed by atoms with Crippen molar-refractivity contribution in [3.63, 3.8) is 0 Å². The van der Waals surface area contributed by atoms with E-state index in [4.69, 9.17) is 4.74 Å². The number of hydrogen-bond acceptors (Lipinski definition) is 4. The Kier molecular flexibility index (Phi) is 6.87. The molecule has 0 bridgehead atoms. The molecule has 0 aliphatic rings. The van der Waals surface area contributed by atoms with Gasteiger partial charge in [-0.1, -0.05) is 36.7 Å². The normalized spacial score (nSPS) is 13.2. The highest BCUT2D eigenvalue weighted by Gasteiger charge is 2.24. The van der Waals surface area contributed by atoms with Gasteiger partial charge in [-0.15, -0.1) is 0 Å². The summed E-state index contributed by atoms with van der Waals surface area (Å²) in [6.45, 7) is 8.50. The van der Waals surface area contributed by atoms with E-state index in [-0.39, 0.29) is 11.0 Å². The molecule has 1 atom stereocenters. The second-order valence-electron chi connectivity index (χ2n) is 6.37. The first kappa shape index (κ1) is 18.2. The lowest BCUT2D eigenvalue weighted by atomic mass is 9.82. The van der Waals surface area contributed by atoms with Crippen molar-refractivity contribution in [2.45, 2.75) is 27.3 Å². The lowest BCUT2D eigenvalue weighted by Gasteiger charge is -2.29. The number of anilines is 1. The lowest BCUT2D eigenvalue weighted by molar-refractivity contribution is 0.206. The molecule has 1 aromatic rings. The van der Waals surface area contributed by atoms with Gasteiger partial charge in [-0.2, -0.15) is 5.10 Å². The van der Waals surface area contributed by atoms with Gasteiger partial charge in [0.25, 0.3) is 5.56 Å². The maximum absolute atomic E-state index is 12.2. The van der Waals surface area contributed by atoms with Crippen LogP contribution in [0.1, 0.15) is 20.8 Å². The van der Waals surface area contributed by atoms with Crippen molar-refractivity contribution in [1.29, 1.82) is 0 Å². The van der Waals surface area contributed by atoms with Gasteiger partial charge in [-0.05, 0) is 11.3 Å². The minimum atomic E-state index is -0.0630. The highest BCUT2D eigenvalue weighted by molar-refractivity contribution is 9.09. The van der Waals surface area contributed by atoms with Crippen LogP contribution in [0.4, 0.5) is 5.69 Å². The first-order chi connectivity index (χ1) is 9.79. The Morgan fingerprint density at radius 1 is 1.48 bits per heavy atom. The van der Waals surface area contributed by atoms with Crippen LogP contribution in [0.25, 0.3) is 0 Å². The van der Waals surface area contributed by atoms with Gasteiger partial charge in [0.2, 0.25) is 0 Å². The fourth-order valence-corrected chi connectivity index (χ4v) is 3.07. The maximum atomic E-state index is 12.2. The van der Waals surface area contributed by atoms with Gasteiger partial charge < -0.3 is 9.64 Å². The van der Waals surface area contributed by atoms with Gasteiger partial charge in [0.15, 0.2) is 0 Å². The molecule has 0 aliphatic heterocycles. The number of likely N-dealkylation sites (N-methyl/N-ethyl adjacent to an activating group) is 1. The molecular weight excluding hydrogens is 334 g/mol. The Bertz CT molecular complexity index is 496. The minimum absolute atomic E-state index is 0.0630. The fourth-order valence-electron chi connectivity index (χ4n) is 1.89. The summed E-state index contributed by atoms with van der Waals surface area (Å²) in [4.78, 5) is 14.2. The minimum Gasteiger partial charge on any atom is -0.383 e. The van der Waals surface area contributed by atoms with E-state index in [0.29, 0.717) is 19.1 Å². The number of alkyl halides is 1. The summed E-state index contributed by atoms with van der Waals surface area (Å²) in [6, 6.07) is 1.64.